The van der Waals surface area contributed by atoms with Crippen molar-refractivity contribution in [3.63, 3.8) is 0 Å². The minimum absolute atomic E-state index is 0.0882. The van der Waals surface area contributed by atoms with Gasteiger partial charge in [-0.05, 0) is 30.7 Å². The third kappa shape index (κ3) is 3.95. The average Bonchev–Trinajstić information content (AvgIpc) is 2.90. The Hall–Kier alpha value is -1.89. The molecule has 1 aromatic carbocycles. The normalized spacial score (nSPS) is 18.6. The maximum Gasteiger partial charge on any atom is 0.308 e. The van der Waals surface area contributed by atoms with Gasteiger partial charge in [-0.1, -0.05) is 22.9 Å². The van der Waals surface area contributed by atoms with E-state index in [9.17, 15) is 14.4 Å². The van der Waals surface area contributed by atoms with Gasteiger partial charge in [0.2, 0.25) is 11.8 Å². The fraction of sp³-hybridized carbons (Fsp3) is 0.471. The molecule has 1 aliphatic rings. The van der Waals surface area contributed by atoms with Crippen LogP contribution in [0.3, 0.4) is 0 Å². The Kier molecular flexibility index (Phi) is 5.64. The van der Waals surface area contributed by atoms with Crippen LogP contribution in [-0.2, 0) is 14.4 Å². The standard InChI is InChI=1S/C17H21BrN2O4/c1-10-6-13(4-5-14(10)18)20-9-12(7-15(20)21)16(22)19(3)8-11(2)17(23)24/h4-6,11-12H,7-9H2,1-3H3,(H,23,24). The van der Waals surface area contributed by atoms with Crippen molar-refractivity contribution in [2.45, 2.75) is 20.3 Å². The largest absolute Gasteiger partial charge is 0.481 e. The van der Waals surface area contributed by atoms with Crippen molar-refractivity contribution < 1.29 is 19.5 Å². The second-order valence-corrected chi connectivity index (χ2v) is 7.15. The van der Waals surface area contributed by atoms with E-state index in [1.807, 2.05) is 25.1 Å². The zero-order valence-corrected chi connectivity index (χ0v) is 15.5. The van der Waals surface area contributed by atoms with E-state index in [1.165, 1.54) is 4.90 Å². The third-order valence-electron chi connectivity index (χ3n) is 4.27. The second-order valence-electron chi connectivity index (χ2n) is 6.30. The molecular weight excluding hydrogens is 376 g/mol. The van der Waals surface area contributed by atoms with Crippen LogP contribution < -0.4 is 4.90 Å². The summed E-state index contributed by atoms with van der Waals surface area (Å²) in [7, 11) is 1.58. The first kappa shape index (κ1) is 18.4. The molecule has 0 spiro atoms. The second kappa shape index (κ2) is 7.34. The maximum absolute atomic E-state index is 12.5. The number of hydrogen-bond donors (Lipinski definition) is 1. The van der Waals surface area contributed by atoms with E-state index >= 15 is 0 Å². The summed E-state index contributed by atoms with van der Waals surface area (Å²) in [6, 6.07) is 5.64. The van der Waals surface area contributed by atoms with Gasteiger partial charge >= 0.3 is 5.97 Å². The number of anilines is 1. The summed E-state index contributed by atoms with van der Waals surface area (Å²) in [6.07, 6.45) is 0.153. The van der Waals surface area contributed by atoms with Crippen molar-refractivity contribution in [1.29, 1.82) is 0 Å². The number of carbonyl (C=O) groups excluding carboxylic acids is 2. The number of carboxylic acids is 1. The molecule has 0 saturated carbocycles. The molecule has 0 aliphatic carbocycles. The van der Waals surface area contributed by atoms with Crippen LogP contribution in [0.2, 0.25) is 0 Å². The number of aliphatic carboxylic acids is 1. The van der Waals surface area contributed by atoms with E-state index < -0.39 is 17.8 Å². The predicted octanol–water partition coefficient (Wildman–Crippen LogP) is 2.29. The minimum Gasteiger partial charge on any atom is -0.481 e. The lowest BCUT2D eigenvalue weighted by Gasteiger charge is -2.23. The van der Waals surface area contributed by atoms with Crippen LogP contribution in [-0.4, -0.2) is 47.9 Å². The number of rotatable bonds is 5. The Morgan fingerprint density at radius 1 is 1.46 bits per heavy atom. The highest BCUT2D eigenvalue weighted by Gasteiger charge is 2.37. The lowest BCUT2D eigenvalue weighted by Crippen LogP contribution is -2.38. The molecule has 6 nitrogen and oxygen atoms in total. The summed E-state index contributed by atoms with van der Waals surface area (Å²) < 4.78 is 0.966. The van der Waals surface area contributed by atoms with E-state index in [4.69, 9.17) is 5.11 Å². The van der Waals surface area contributed by atoms with Gasteiger partial charge in [0.1, 0.15) is 0 Å². The molecule has 1 aromatic rings. The van der Waals surface area contributed by atoms with Crippen molar-refractivity contribution in [3.8, 4) is 0 Å². The van der Waals surface area contributed by atoms with Crippen LogP contribution in [0.15, 0.2) is 22.7 Å². The monoisotopic (exact) mass is 396 g/mol. The van der Waals surface area contributed by atoms with Gasteiger partial charge in [0.15, 0.2) is 0 Å². The number of aryl methyl sites for hydroxylation is 1. The fourth-order valence-electron chi connectivity index (χ4n) is 2.81. The molecule has 130 valence electrons. The Balaban J connectivity index is 2.07. The molecular formula is C17H21BrN2O4. The van der Waals surface area contributed by atoms with Crippen molar-refractivity contribution >= 4 is 39.4 Å². The summed E-state index contributed by atoms with van der Waals surface area (Å²) in [5, 5.41) is 8.96. The highest BCUT2D eigenvalue weighted by molar-refractivity contribution is 9.10. The van der Waals surface area contributed by atoms with Gasteiger partial charge in [0.25, 0.3) is 0 Å². The fourth-order valence-corrected chi connectivity index (χ4v) is 3.06. The molecule has 1 aliphatic heterocycles. The quantitative estimate of drug-likeness (QED) is 0.827. The van der Waals surface area contributed by atoms with E-state index in [1.54, 1.807) is 18.9 Å². The first-order valence-electron chi connectivity index (χ1n) is 7.75. The number of nitrogens with zero attached hydrogens (tertiary/aromatic N) is 2. The molecule has 1 N–H and O–H groups in total. The van der Waals surface area contributed by atoms with E-state index in [0.717, 1.165) is 15.7 Å². The van der Waals surface area contributed by atoms with Crippen LogP contribution in [0.25, 0.3) is 0 Å². The van der Waals surface area contributed by atoms with Crippen molar-refractivity contribution in [3.05, 3.63) is 28.2 Å². The van der Waals surface area contributed by atoms with Gasteiger partial charge in [-0.15, -0.1) is 0 Å². The van der Waals surface area contributed by atoms with E-state index in [-0.39, 0.29) is 24.8 Å². The van der Waals surface area contributed by atoms with Gasteiger partial charge in [-0.25, -0.2) is 0 Å². The van der Waals surface area contributed by atoms with Gasteiger partial charge < -0.3 is 14.9 Å². The molecule has 1 heterocycles. The Bertz CT molecular complexity index is 677. The molecule has 1 fully saturated rings. The molecule has 0 bridgehead atoms. The van der Waals surface area contributed by atoms with Gasteiger partial charge in [0.05, 0.1) is 11.8 Å². The Morgan fingerprint density at radius 3 is 2.71 bits per heavy atom. The van der Waals surface area contributed by atoms with Crippen molar-refractivity contribution in [1.82, 2.24) is 4.90 Å². The van der Waals surface area contributed by atoms with Gasteiger partial charge in [-0.3, -0.25) is 14.4 Å². The van der Waals surface area contributed by atoms with E-state index in [2.05, 4.69) is 15.9 Å². The molecule has 1 saturated heterocycles. The maximum atomic E-state index is 12.5. The number of amides is 2. The smallest absolute Gasteiger partial charge is 0.308 e. The van der Waals surface area contributed by atoms with Crippen LogP contribution in [0.1, 0.15) is 18.9 Å². The lowest BCUT2D eigenvalue weighted by molar-refractivity contribution is -0.143. The highest BCUT2D eigenvalue weighted by Crippen LogP contribution is 2.29. The zero-order valence-electron chi connectivity index (χ0n) is 14.0. The van der Waals surface area contributed by atoms with Gasteiger partial charge in [-0.2, -0.15) is 0 Å². The number of carboxylic acid groups (broad SMARTS) is 1. The van der Waals surface area contributed by atoms with Crippen LogP contribution >= 0.6 is 15.9 Å². The van der Waals surface area contributed by atoms with Crippen molar-refractivity contribution in [2.75, 3.05) is 25.0 Å². The SMILES string of the molecule is Cc1cc(N2CC(C(=O)N(C)CC(C)C(=O)O)CC2=O)ccc1Br. The summed E-state index contributed by atoms with van der Waals surface area (Å²) in [5.74, 6) is -2.29. The Morgan fingerprint density at radius 2 is 2.12 bits per heavy atom. The first-order chi connectivity index (χ1) is 11.2. The molecule has 0 radical (unpaired) electrons. The predicted molar refractivity (Wildman–Crippen MR) is 93.8 cm³/mol. The number of hydrogen-bond acceptors (Lipinski definition) is 3. The molecule has 2 atom stereocenters. The topological polar surface area (TPSA) is 77.9 Å². The molecule has 2 unspecified atom stereocenters. The highest BCUT2D eigenvalue weighted by atomic mass is 79.9. The number of halogens is 1. The molecule has 24 heavy (non-hydrogen) atoms. The third-order valence-corrected chi connectivity index (χ3v) is 5.16. The number of benzene rings is 1. The number of carbonyl (C=O) groups is 3. The lowest BCUT2D eigenvalue weighted by atomic mass is 10.1. The summed E-state index contributed by atoms with van der Waals surface area (Å²) >= 11 is 3.43. The van der Waals surface area contributed by atoms with Crippen LogP contribution in [0, 0.1) is 18.8 Å². The van der Waals surface area contributed by atoms with Crippen LogP contribution in [0.5, 0.6) is 0 Å². The molecule has 7 heteroatoms. The summed E-state index contributed by atoms with van der Waals surface area (Å²) in [5.41, 5.74) is 1.79. The summed E-state index contributed by atoms with van der Waals surface area (Å²) in [6.45, 7) is 3.96. The average molecular weight is 397 g/mol. The molecule has 2 rings (SSSR count). The Labute approximate surface area is 149 Å². The summed E-state index contributed by atoms with van der Waals surface area (Å²) in [4.78, 5) is 38.7. The zero-order chi connectivity index (χ0) is 18.0. The van der Waals surface area contributed by atoms with Crippen molar-refractivity contribution in [2.24, 2.45) is 11.8 Å². The molecule has 0 aromatic heterocycles. The minimum atomic E-state index is -0.941. The van der Waals surface area contributed by atoms with Gasteiger partial charge in [0, 0.05) is 36.7 Å². The first-order valence-corrected chi connectivity index (χ1v) is 8.54. The molecule has 2 amide bonds. The van der Waals surface area contributed by atoms with Crippen LogP contribution in [0.4, 0.5) is 5.69 Å². The van der Waals surface area contributed by atoms with E-state index in [0.29, 0.717) is 6.54 Å².